The van der Waals surface area contributed by atoms with Gasteiger partial charge in [-0.05, 0) is 12.8 Å². The van der Waals surface area contributed by atoms with Gasteiger partial charge in [0.05, 0.1) is 0 Å². The van der Waals surface area contributed by atoms with Gasteiger partial charge in [-0.15, -0.1) is 0 Å². The van der Waals surface area contributed by atoms with E-state index < -0.39 is 79.6 Å². The van der Waals surface area contributed by atoms with Crippen LogP contribution in [0.15, 0.2) is 17.0 Å². The van der Waals surface area contributed by atoms with Gasteiger partial charge in [-0.1, -0.05) is 6.42 Å². The minimum absolute atomic E-state index is 0.124. The number of benzene rings is 2. The molecule has 12 heteroatoms. The van der Waals surface area contributed by atoms with Crippen molar-refractivity contribution < 1.29 is 43.5 Å². The van der Waals surface area contributed by atoms with E-state index in [4.69, 9.17) is 0 Å². The van der Waals surface area contributed by atoms with E-state index in [1.807, 2.05) is 0 Å². The lowest BCUT2D eigenvalue weighted by atomic mass is 9.93. The average Bonchev–Trinajstić information content (AvgIpc) is 2.58. The van der Waals surface area contributed by atoms with Crippen molar-refractivity contribution in [1.29, 1.82) is 0 Å². The minimum atomic E-state index is -5.42. The number of halogens is 8. The van der Waals surface area contributed by atoms with Crippen LogP contribution in [0.4, 0.5) is 35.1 Å². The number of nitrogens with zero attached hydrogens (tertiary/aromatic N) is 1. The molecule has 0 amide bonds. The number of sulfonamides is 1. The molecule has 1 saturated carbocycles. The van der Waals surface area contributed by atoms with Crippen LogP contribution in [0.25, 0.3) is 0 Å². The summed E-state index contributed by atoms with van der Waals surface area (Å²) in [6.07, 6.45) is 0.709. The third-order valence-electron chi connectivity index (χ3n) is 4.64. The molecular weight excluding hydrogens is 434 g/mol. The monoisotopic (exact) mass is 445 g/mol. The normalized spacial score (nSPS) is 15.1. The van der Waals surface area contributed by atoms with Gasteiger partial charge in [0.2, 0.25) is 15.8 Å². The SMILES string of the molecule is O=S(=O)(c1c(F)c(F)c(F)c(F)c1F)N(Cc1c(F)cc(F)cc1F)C1CCC1. The maximum Gasteiger partial charge on any atom is 0.249 e. The van der Waals surface area contributed by atoms with E-state index in [2.05, 4.69) is 0 Å². The van der Waals surface area contributed by atoms with Crippen LogP contribution in [0.3, 0.4) is 0 Å². The van der Waals surface area contributed by atoms with Gasteiger partial charge in [0.1, 0.15) is 17.5 Å². The molecule has 1 aliphatic rings. The average molecular weight is 445 g/mol. The fraction of sp³-hybridized carbons (Fsp3) is 0.294. The zero-order chi connectivity index (χ0) is 21.7. The number of rotatable bonds is 5. The Morgan fingerprint density at radius 3 is 1.66 bits per heavy atom. The Kier molecular flexibility index (Phi) is 5.60. The number of hydrogen-bond donors (Lipinski definition) is 0. The highest BCUT2D eigenvalue weighted by Gasteiger charge is 2.42. The van der Waals surface area contributed by atoms with E-state index in [0.29, 0.717) is 6.42 Å². The maximum atomic E-state index is 14.1. The van der Waals surface area contributed by atoms with Crippen LogP contribution in [-0.2, 0) is 16.6 Å². The van der Waals surface area contributed by atoms with Gasteiger partial charge in [-0.2, -0.15) is 4.31 Å². The van der Waals surface area contributed by atoms with Crippen molar-refractivity contribution in [1.82, 2.24) is 4.31 Å². The van der Waals surface area contributed by atoms with Crippen LogP contribution in [0, 0.1) is 46.5 Å². The minimum Gasteiger partial charge on any atom is -0.207 e. The molecule has 3 rings (SSSR count). The van der Waals surface area contributed by atoms with Crippen LogP contribution in [-0.4, -0.2) is 18.8 Å². The molecule has 0 aromatic heterocycles. The first-order valence-corrected chi connectivity index (χ1v) is 9.57. The molecule has 0 aliphatic heterocycles. The predicted octanol–water partition coefficient (Wildman–Crippen LogP) is 4.54. The summed E-state index contributed by atoms with van der Waals surface area (Å²) >= 11 is 0. The highest BCUT2D eigenvalue weighted by molar-refractivity contribution is 7.89. The van der Waals surface area contributed by atoms with Crippen molar-refractivity contribution in [2.75, 3.05) is 0 Å². The van der Waals surface area contributed by atoms with Crippen LogP contribution >= 0.6 is 0 Å². The van der Waals surface area contributed by atoms with Gasteiger partial charge in [-0.3, -0.25) is 0 Å². The van der Waals surface area contributed by atoms with Crippen LogP contribution in [0.2, 0.25) is 0 Å². The van der Waals surface area contributed by atoms with E-state index in [0.717, 1.165) is 0 Å². The Morgan fingerprint density at radius 2 is 1.24 bits per heavy atom. The molecule has 29 heavy (non-hydrogen) atoms. The van der Waals surface area contributed by atoms with Crippen molar-refractivity contribution >= 4 is 10.0 Å². The summed E-state index contributed by atoms with van der Waals surface area (Å²) in [7, 11) is -5.42. The van der Waals surface area contributed by atoms with E-state index in [9.17, 15) is 43.5 Å². The molecule has 158 valence electrons. The lowest BCUT2D eigenvalue weighted by Gasteiger charge is -2.36. The molecular formula is C17H11F8NO2S. The third-order valence-corrected chi connectivity index (χ3v) is 6.56. The second-order valence-electron chi connectivity index (χ2n) is 6.38. The molecule has 0 heterocycles. The molecule has 0 N–H and O–H groups in total. The topological polar surface area (TPSA) is 37.4 Å². The molecule has 2 aromatic carbocycles. The molecule has 1 aliphatic carbocycles. The van der Waals surface area contributed by atoms with Crippen LogP contribution in [0.5, 0.6) is 0 Å². The summed E-state index contributed by atoms with van der Waals surface area (Å²) in [5.41, 5.74) is -0.939. The Balaban J connectivity index is 2.16. The van der Waals surface area contributed by atoms with Gasteiger partial charge >= 0.3 is 0 Å². The lowest BCUT2D eigenvalue weighted by molar-refractivity contribution is 0.208. The summed E-state index contributed by atoms with van der Waals surface area (Å²) in [5, 5.41) is 0. The Bertz CT molecular complexity index is 1030. The van der Waals surface area contributed by atoms with E-state index in [-0.39, 0.29) is 29.3 Å². The van der Waals surface area contributed by atoms with E-state index in [1.54, 1.807) is 0 Å². The molecule has 1 fully saturated rings. The molecule has 0 spiro atoms. The van der Waals surface area contributed by atoms with E-state index in [1.165, 1.54) is 0 Å². The summed E-state index contributed by atoms with van der Waals surface area (Å²) in [6, 6.07) is -0.469. The summed E-state index contributed by atoms with van der Waals surface area (Å²) in [6.45, 7) is -1.13. The highest BCUT2D eigenvalue weighted by atomic mass is 32.2. The van der Waals surface area contributed by atoms with E-state index >= 15 is 0 Å². The first-order valence-electron chi connectivity index (χ1n) is 8.13. The zero-order valence-electron chi connectivity index (χ0n) is 14.3. The van der Waals surface area contributed by atoms with Crippen LogP contribution < -0.4 is 0 Å². The molecule has 3 nitrogen and oxygen atoms in total. The summed E-state index contributed by atoms with van der Waals surface area (Å²) < 4.78 is 135. The maximum absolute atomic E-state index is 14.1. The van der Waals surface area contributed by atoms with Gasteiger partial charge in [-0.25, -0.2) is 43.5 Å². The van der Waals surface area contributed by atoms with Gasteiger partial charge < -0.3 is 0 Å². The molecule has 0 bridgehead atoms. The third kappa shape index (κ3) is 3.59. The van der Waals surface area contributed by atoms with Gasteiger partial charge in [0.25, 0.3) is 0 Å². The van der Waals surface area contributed by atoms with Crippen molar-refractivity contribution in [2.45, 2.75) is 36.7 Å². The largest absolute Gasteiger partial charge is 0.249 e. The molecule has 0 atom stereocenters. The molecule has 0 unspecified atom stereocenters. The molecule has 0 radical (unpaired) electrons. The smallest absolute Gasteiger partial charge is 0.207 e. The Hall–Kier alpha value is -2.21. The molecule has 2 aromatic rings. The zero-order valence-corrected chi connectivity index (χ0v) is 15.1. The van der Waals surface area contributed by atoms with Crippen LogP contribution in [0.1, 0.15) is 24.8 Å². The first kappa shape index (κ1) is 21.5. The van der Waals surface area contributed by atoms with Crippen molar-refractivity contribution in [3.63, 3.8) is 0 Å². The summed E-state index contributed by atoms with van der Waals surface area (Å²) in [4.78, 5) is -2.12. The Morgan fingerprint density at radius 1 is 0.793 bits per heavy atom. The second kappa shape index (κ2) is 7.56. The Labute approximate surface area is 159 Å². The van der Waals surface area contributed by atoms with Crippen molar-refractivity contribution in [3.8, 4) is 0 Å². The lowest BCUT2D eigenvalue weighted by Crippen LogP contribution is -2.44. The number of hydrogen-bond acceptors (Lipinski definition) is 2. The van der Waals surface area contributed by atoms with Gasteiger partial charge in [0, 0.05) is 30.3 Å². The predicted molar refractivity (Wildman–Crippen MR) is 82.9 cm³/mol. The van der Waals surface area contributed by atoms with Gasteiger partial charge in [0.15, 0.2) is 28.2 Å². The molecule has 0 saturated heterocycles. The fourth-order valence-electron chi connectivity index (χ4n) is 2.89. The quantitative estimate of drug-likeness (QED) is 0.385. The standard InChI is InChI=1S/C17H11F8NO2S/c18-7-4-10(19)9(11(20)5-7)6-26(8-2-1-3-8)29(27,28)17-15(24)13(22)12(21)14(23)16(17)25/h4-5,8H,1-3,6H2. The van der Waals surface area contributed by atoms with Crippen molar-refractivity contribution in [3.05, 3.63) is 64.2 Å². The first-order chi connectivity index (χ1) is 13.5. The van der Waals surface area contributed by atoms with Crippen molar-refractivity contribution in [2.24, 2.45) is 0 Å². The second-order valence-corrected chi connectivity index (χ2v) is 8.21. The highest BCUT2D eigenvalue weighted by Crippen LogP contribution is 2.36. The summed E-state index contributed by atoms with van der Waals surface area (Å²) in [5.74, 6) is -16.9. The fourth-order valence-corrected chi connectivity index (χ4v) is 4.66.